The summed E-state index contributed by atoms with van der Waals surface area (Å²) in [4.78, 5) is 2.34. The molecule has 0 radical (unpaired) electrons. The summed E-state index contributed by atoms with van der Waals surface area (Å²) >= 11 is 1.99. The summed E-state index contributed by atoms with van der Waals surface area (Å²) in [7, 11) is 0. The van der Waals surface area contributed by atoms with Crippen molar-refractivity contribution in [3.05, 3.63) is 0 Å². The zero-order chi connectivity index (χ0) is 13.9. The number of nitrogens with two attached hydrogens (primary N) is 1. The molecule has 6 heteroatoms. The first-order chi connectivity index (χ1) is 9.06. The molecule has 2 aliphatic rings. The summed E-state index contributed by atoms with van der Waals surface area (Å²) < 4.78 is 6.06. The normalized spacial score (nSPS) is 32.6. The molecule has 2 atom stereocenters. The summed E-state index contributed by atoms with van der Waals surface area (Å²) in [5, 5.41) is 11.9. The fourth-order valence-corrected chi connectivity index (χ4v) is 4.48. The van der Waals surface area contributed by atoms with Gasteiger partial charge in [-0.1, -0.05) is 5.16 Å². The van der Waals surface area contributed by atoms with Crippen molar-refractivity contribution in [2.75, 3.05) is 24.7 Å². The molecule has 0 amide bonds. The van der Waals surface area contributed by atoms with Gasteiger partial charge in [0, 0.05) is 24.4 Å². The smallest absolute Gasteiger partial charge is 0.153 e. The Morgan fingerprint density at radius 3 is 3.00 bits per heavy atom. The van der Waals surface area contributed by atoms with Gasteiger partial charge >= 0.3 is 0 Å². The molecule has 0 aromatic rings. The van der Waals surface area contributed by atoms with Gasteiger partial charge in [-0.3, -0.25) is 4.90 Å². The van der Waals surface area contributed by atoms with E-state index in [1.165, 1.54) is 5.75 Å². The highest BCUT2D eigenvalue weighted by atomic mass is 32.2. The third kappa shape index (κ3) is 3.55. The van der Waals surface area contributed by atoms with Crippen LogP contribution >= 0.6 is 11.8 Å². The number of nitrogens with zero attached hydrogens (tertiary/aromatic N) is 2. The van der Waals surface area contributed by atoms with Crippen LogP contribution in [0.4, 0.5) is 0 Å². The van der Waals surface area contributed by atoms with Gasteiger partial charge < -0.3 is 15.7 Å². The van der Waals surface area contributed by atoms with Gasteiger partial charge in [0.1, 0.15) is 0 Å². The van der Waals surface area contributed by atoms with Crippen LogP contribution in [0.15, 0.2) is 5.16 Å². The van der Waals surface area contributed by atoms with Crippen molar-refractivity contribution in [1.29, 1.82) is 0 Å². The van der Waals surface area contributed by atoms with Crippen LogP contribution in [0.25, 0.3) is 0 Å². The minimum atomic E-state index is 0.0752. The van der Waals surface area contributed by atoms with E-state index in [0.717, 1.165) is 31.6 Å². The van der Waals surface area contributed by atoms with Gasteiger partial charge in [0.15, 0.2) is 5.84 Å². The molecule has 2 unspecified atom stereocenters. The minimum absolute atomic E-state index is 0.0752. The fourth-order valence-electron chi connectivity index (χ4n) is 3.10. The molecule has 0 saturated carbocycles. The molecule has 2 aliphatic heterocycles. The predicted octanol–water partition coefficient (Wildman–Crippen LogP) is 1.50. The lowest BCUT2D eigenvalue weighted by Crippen LogP contribution is -2.53. The second-order valence-corrected chi connectivity index (χ2v) is 6.94. The van der Waals surface area contributed by atoms with E-state index in [2.05, 4.69) is 23.9 Å². The molecule has 2 fully saturated rings. The van der Waals surface area contributed by atoms with Gasteiger partial charge in [-0.2, -0.15) is 11.8 Å². The van der Waals surface area contributed by atoms with Crippen molar-refractivity contribution in [2.45, 2.75) is 50.8 Å². The van der Waals surface area contributed by atoms with Gasteiger partial charge in [-0.15, -0.1) is 0 Å². The number of ether oxygens (including phenoxy) is 1. The van der Waals surface area contributed by atoms with E-state index in [-0.39, 0.29) is 11.4 Å². The second-order valence-electron chi connectivity index (χ2n) is 5.84. The lowest BCUT2D eigenvalue weighted by Gasteiger charge is -2.44. The molecule has 3 N–H and O–H groups in total. The van der Waals surface area contributed by atoms with Crippen molar-refractivity contribution in [3.63, 3.8) is 0 Å². The maximum atomic E-state index is 8.78. The van der Waals surface area contributed by atoms with Crippen LogP contribution in [0.3, 0.4) is 0 Å². The number of oxime groups is 1. The molecule has 0 aromatic carbocycles. The summed E-state index contributed by atoms with van der Waals surface area (Å²) in [6.07, 6.45) is 3.25. The van der Waals surface area contributed by atoms with Gasteiger partial charge in [-0.05, 0) is 38.9 Å². The van der Waals surface area contributed by atoms with Crippen LogP contribution < -0.4 is 5.73 Å². The Hall–Kier alpha value is -0.460. The van der Waals surface area contributed by atoms with Crippen LogP contribution in [0.2, 0.25) is 0 Å². The number of thioether (sulfide) groups is 1. The number of hydrogen-bond acceptors (Lipinski definition) is 5. The van der Waals surface area contributed by atoms with E-state index in [0.29, 0.717) is 18.6 Å². The first-order valence-corrected chi connectivity index (χ1v) is 8.16. The molecule has 2 saturated heterocycles. The Bertz CT molecular complexity index is 330. The van der Waals surface area contributed by atoms with E-state index in [4.69, 9.17) is 15.7 Å². The monoisotopic (exact) mass is 287 g/mol. The van der Waals surface area contributed by atoms with Crippen molar-refractivity contribution in [1.82, 2.24) is 4.90 Å². The predicted molar refractivity (Wildman–Crippen MR) is 78.9 cm³/mol. The largest absolute Gasteiger partial charge is 0.409 e. The molecule has 19 heavy (non-hydrogen) atoms. The van der Waals surface area contributed by atoms with E-state index >= 15 is 0 Å². The number of hydrogen-bond donors (Lipinski definition) is 2. The van der Waals surface area contributed by atoms with E-state index < -0.39 is 0 Å². The minimum Gasteiger partial charge on any atom is -0.409 e. The van der Waals surface area contributed by atoms with E-state index in [1.807, 2.05) is 11.8 Å². The van der Waals surface area contributed by atoms with Crippen molar-refractivity contribution >= 4 is 17.6 Å². The maximum Gasteiger partial charge on any atom is 0.153 e. The van der Waals surface area contributed by atoms with Crippen molar-refractivity contribution in [3.8, 4) is 0 Å². The lowest BCUT2D eigenvalue weighted by molar-refractivity contribution is -0.0913. The van der Waals surface area contributed by atoms with Gasteiger partial charge in [0.25, 0.3) is 0 Å². The number of amidine groups is 1. The Morgan fingerprint density at radius 2 is 2.42 bits per heavy atom. The summed E-state index contributed by atoms with van der Waals surface area (Å²) in [6.45, 7) is 5.68. The Balaban J connectivity index is 2.04. The first-order valence-electron chi connectivity index (χ1n) is 7.00. The molecule has 110 valence electrons. The molecule has 2 heterocycles. The molecule has 2 rings (SSSR count). The lowest BCUT2D eigenvalue weighted by atomic mass is 9.88. The van der Waals surface area contributed by atoms with Crippen LogP contribution in [0.5, 0.6) is 0 Å². The van der Waals surface area contributed by atoms with Crippen molar-refractivity contribution < 1.29 is 9.94 Å². The van der Waals surface area contributed by atoms with E-state index in [1.54, 1.807) is 0 Å². The Labute approximate surface area is 119 Å². The topological polar surface area (TPSA) is 71.1 Å². The molecule has 1 spiro atoms. The molecule has 0 aliphatic carbocycles. The van der Waals surface area contributed by atoms with Crippen LogP contribution in [-0.4, -0.2) is 58.3 Å². The highest BCUT2D eigenvalue weighted by molar-refractivity contribution is 7.99. The maximum absolute atomic E-state index is 8.78. The molecule has 0 aromatic heterocycles. The summed E-state index contributed by atoms with van der Waals surface area (Å²) in [6, 6.07) is 0.849. The summed E-state index contributed by atoms with van der Waals surface area (Å²) in [5.41, 5.74) is 5.76. The van der Waals surface area contributed by atoms with Gasteiger partial charge in [0.2, 0.25) is 0 Å². The van der Waals surface area contributed by atoms with Crippen LogP contribution in [0, 0.1) is 0 Å². The average Bonchev–Trinajstić information content (AvgIpc) is 2.83. The first kappa shape index (κ1) is 14.9. The van der Waals surface area contributed by atoms with E-state index in [9.17, 15) is 0 Å². The highest BCUT2D eigenvalue weighted by Gasteiger charge is 2.42. The zero-order valence-corrected chi connectivity index (χ0v) is 12.7. The van der Waals surface area contributed by atoms with Crippen LogP contribution in [-0.2, 0) is 4.74 Å². The molecule has 0 bridgehead atoms. The standard InChI is InChI=1S/C13H25N3O2S/c1-10(2)16(8-12(14)15-17)11-3-5-18-13(7-11)4-6-19-9-13/h10-11,17H,3-9H2,1-2H3,(H2,14,15). The number of rotatable bonds is 4. The SMILES string of the molecule is CC(C)N(CC(N)=NO)C1CCOC2(CCSC2)C1. The Morgan fingerprint density at radius 1 is 1.63 bits per heavy atom. The van der Waals surface area contributed by atoms with Crippen molar-refractivity contribution in [2.24, 2.45) is 10.9 Å². The highest BCUT2D eigenvalue weighted by Crippen LogP contribution is 2.39. The van der Waals surface area contributed by atoms with Gasteiger partial charge in [-0.25, -0.2) is 0 Å². The second kappa shape index (κ2) is 6.33. The molecular weight excluding hydrogens is 262 g/mol. The van der Waals surface area contributed by atoms with Crippen LogP contribution in [0.1, 0.15) is 33.1 Å². The Kier molecular flexibility index (Phi) is 4.97. The fraction of sp³-hybridized carbons (Fsp3) is 0.923. The third-order valence-corrected chi connectivity index (χ3v) is 5.36. The third-order valence-electron chi connectivity index (χ3n) is 4.14. The summed E-state index contributed by atoms with van der Waals surface area (Å²) in [5.74, 6) is 2.60. The molecule has 5 nitrogen and oxygen atoms in total. The molecular formula is C13H25N3O2S. The van der Waals surface area contributed by atoms with Gasteiger partial charge in [0.05, 0.1) is 12.1 Å². The average molecular weight is 287 g/mol. The quantitative estimate of drug-likeness (QED) is 0.355. The zero-order valence-electron chi connectivity index (χ0n) is 11.8.